The van der Waals surface area contributed by atoms with Crippen LogP contribution in [0.5, 0.6) is 5.75 Å². The van der Waals surface area contributed by atoms with E-state index in [-0.39, 0.29) is 29.7 Å². The van der Waals surface area contributed by atoms with Crippen LogP contribution < -0.4 is 10.1 Å². The van der Waals surface area contributed by atoms with E-state index < -0.39 is 11.8 Å². The fourth-order valence-corrected chi connectivity index (χ4v) is 4.79. The minimum absolute atomic E-state index is 0.0959. The fraction of sp³-hybridized carbons (Fsp3) is 0.130. The van der Waals surface area contributed by atoms with Crippen LogP contribution in [0.15, 0.2) is 48.5 Å². The molecule has 0 saturated carbocycles. The fourth-order valence-electron chi connectivity index (χ4n) is 3.54. The Morgan fingerprint density at radius 2 is 2.07 bits per heavy atom. The summed E-state index contributed by atoms with van der Waals surface area (Å²) in [6, 6.07) is 12.8. The summed E-state index contributed by atoms with van der Waals surface area (Å²) in [5.74, 6) is 0.899. The molecule has 1 aliphatic rings. The van der Waals surface area contributed by atoms with Crippen molar-refractivity contribution >= 4 is 28.9 Å². The number of fused-ring (bicyclic) bond motifs is 1. The van der Waals surface area contributed by atoms with Crippen LogP contribution in [0.1, 0.15) is 32.5 Å². The van der Waals surface area contributed by atoms with Crippen molar-refractivity contribution in [2.24, 2.45) is 0 Å². The number of hydrogen-bond acceptors (Lipinski definition) is 4. The molecule has 7 heteroatoms. The molecule has 2 aromatic carbocycles. The van der Waals surface area contributed by atoms with Gasteiger partial charge in [0.05, 0.1) is 5.69 Å². The van der Waals surface area contributed by atoms with E-state index in [0.717, 1.165) is 21.8 Å². The average Bonchev–Trinajstić information content (AvgIpc) is 3.12. The number of thiophene rings is 1. The number of carbonyl (C=O) groups excluding carboxylic acids is 1. The van der Waals surface area contributed by atoms with Crippen molar-refractivity contribution in [3.63, 3.8) is 0 Å². The standard InChI is InChI=1S/C23H16FNO4S/c1-2-10-29-16-5-3-4-14(11-16)17-12-18(26)25-20-19(13-6-8-15(24)9-7-13)22(23(27)28)30-21(17)20/h1,3-9,11,17H,10,12H2,(H,25,26)(H,27,28)/t17-/m1/s1. The summed E-state index contributed by atoms with van der Waals surface area (Å²) in [7, 11) is 0. The van der Waals surface area contributed by atoms with Crippen molar-refractivity contribution in [1.29, 1.82) is 0 Å². The summed E-state index contributed by atoms with van der Waals surface area (Å²) in [6.45, 7) is 0.122. The Kier molecular flexibility index (Phi) is 5.25. The van der Waals surface area contributed by atoms with E-state index in [1.807, 2.05) is 12.1 Å². The van der Waals surface area contributed by atoms with Crippen molar-refractivity contribution in [2.75, 3.05) is 11.9 Å². The van der Waals surface area contributed by atoms with Crippen LogP contribution in [0.2, 0.25) is 0 Å². The van der Waals surface area contributed by atoms with E-state index in [4.69, 9.17) is 11.2 Å². The highest BCUT2D eigenvalue weighted by Gasteiger charge is 2.34. The van der Waals surface area contributed by atoms with E-state index in [2.05, 4.69) is 11.2 Å². The summed E-state index contributed by atoms with van der Waals surface area (Å²) in [5, 5.41) is 12.6. The lowest BCUT2D eigenvalue weighted by Crippen LogP contribution is -2.22. The molecule has 3 aromatic rings. The molecule has 5 nitrogen and oxygen atoms in total. The number of halogens is 1. The Bertz CT molecular complexity index is 1180. The molecular weight excluding hydrogens is 405 g/mol. The van der Waals surface area contributed by atoms with Crippen molar-refractivity contribution in [1.82, 2.24) is 0 Å². The van der Waals surface area contributed by atoms with E-state index >= 15 is 0 Å². The van der Waals surface area contributed by atoms with Gasteiger partial charge in [-0.3, -0.25) is 4.79 Å². The Morgan fingerprint density at radius 3 is 2.77 bits per heavy atom. The van der Waals surface area contributed by atoms with Crippen LogP contribution >= 0.6 is 11.3 Å². The van der Waals surface area contributed by atoms with Crippen molar-refractivity contribution < 1.29 is 23.8 Å². The maximum absolute atomic E-state index is 13.4. The van der Waals surface area contributed by atoms with Gasteiger partial charge in [-0.2, -0.15) is 0 Å². The number of carboxylic acid groups (broad SMARTS) is 1. The molecule has 1 aromatic heterocycles. The van der Waals surface area contributed by atoms with Gasteiger partial charge in [0.1, 0.15) is 23.1 Å². The molecule has 1 amide bonds. The summed E-state index contributed by atoms with van der Waals surface area (Å²) in [5.41, 5.74) is 2.20. The van der Waals surface area contributed by atoms with Gasteiger partial charge in [0, 0.05) is 22.8 Å². The SMILES string of the molecule is C#CCOc1cccc([C@H]2CC(=O)Nc3c2sc(C(=O)O)c3-c2ccc(F)cc2)c1. The average molecular weight is 421 g/mol. The monoisotopic (exact) mass is 421 g/mol. The smallest absolute Gasteiger partial charge is 0.346 e. The second-order valence-electron chi connectivity index (χ2n) is 6.73. The minimum atomic E-state index is -1.10. The summed E-state index contributed by atoms with van der Waals surface area (Å²) in [4.78, 5) is 25.3. The van der Waals surface area contributed by atoms with Crippen LogP contribution in [0.25, 0.3) is 11.1 Å². The van der Waals surface area contributed by atoms with E-state index in [1.54, 1.807) is 12.1 Å². The maximum atomic E-state index is 13.4. The Hall–Kier alpha value is -3.63. The quantitative estimate of drug-likeness (QED) is 0.584. The van der Waals surface area contributed by atoms with Crippen LogP contribution in [0.4, 0.5) is 10.1 Å². The van der Waals surface area contributed by atoms with Gasteiger partial charge in [-0.05, 0) is 35.4 Å². The minimum Gasteiger partial charge on any atom is -0.481 e. The van der Waals surface area contributed by atoms with Gasteiger partial charge < -0.3 is 15.2 Å². The van der Waals surface area contributed by atoms with Crippen LogP contribution in [-0.2, 0) is 4.79 Å². The van der Waals surface area contributed by atoms with Crippen molar-refractivity contribution in [3.8, 4) is 29.2 Å². The topological polar surface area (TPSA) is 75.6 Å². The van der Waals surface area contributed by atoms with Gasteiger partial charge in [0.25, 0.3) is 0 Å². The van der Waals surface area contributed by atoms with Gasteiger partial charge in [0.2, 0.25) is 5.91 Å². The van der Waals surface area contributed by atoms with Crippen LogP contribution in [-0.4, -0.2) is 23.6 Å². The first-order valence-corrected chi connectivity index (χ1v) is 9.91. The van der Waals surface area contributed by atoms with Gasteiger partial charge in [-0.1, -0.05) is 30.2 Å². The Balaban J connectivity index is 1.85. The van der Waals surface area contributed by atoms with Gasteiger partial charge in [0.15, 0.2) is 0 Å². The van der Waals surface area contributed by atoms with Crippen molar-refractivity contribution in [2.45, 2.75) is 12.3 Å². The molecule has 0 aliphatic carbocycles. The first kappa shape index (κ1) is 19.7. The number of ether oxygens (including phenoxy) is 1. The predicted molar refractivity (Wildman–Crippen MR) is 113 cm³/mol. The third-order valence-corrected chi connectivity index (χ3v) is 6.11. The molecule has 150 valence electrons. The number of benzene rings is 2. The molecule has 2 heterocycles. The second kappa shape index (κ2) is 8.01. The third-order valence-electron chi connectivity index (χ3n) is 4.82. The highest BCUT2D eigenvalue weighted by atomic mass is 32.1. The van der Waals surface area contributed by atoms with E-state index in [0.29, 0.717) is 22.6 Å². The molecule has 2 N–H and O–H groups in total. The highest BCUT2D eigenvalue weighted by molar-refractivity contribution is 7.15. The maximum Gasteiger partial charge on any atom is 0.346 e. The van der Waals surface area contributed by atoms with Gasteiger partial charge in [-0.25, -0.2) is 9.18 Å². The zero-order chi connectivity index (χ0) is 21.3. The summed E-state index contributed by atoms with van der Waals surface area (Å²) >= 11 is 1.12. The van der Waals surface area contributed by atoms with Gasteiger partial charge >= 0.3 is 5.97 Å². The number of hydrogen-bond donors (Lipinski definition) is 2. The molecule has 4 rings (SSSR count). The Labute approximate surface area is 176 Å². The molecule has 0 bridgehead atoms. The zero-order valence-corrected chi connectivity index (χ0v) is 16.5. The summed E-state index contributed by atoms with van der Waals surface area (Å²) < 4.78 is 18.9. The lowest BCUT2D eigenvalue weighted by molar-refractivity contribution is -0.116. The van der Waals surface area contributed by atoms with E-state index in [1.165, 1.54) is 24.3 Å². The molecule has 30 heavy (non-hydrogen) atoms. The van der Waals surface area contributed by atoms with Crippen molar-refractivity contribution in [3.05, 3.63) is 69.7 Å². The lowest BCUT2D eigenvalue weighted by atomic mass is 9.88. The second-order valence-corrected chi connectivity index (χ2v) is 7.78. The number of aromatic carboxylic acids is 1. The zero-order valence-electron chi connectivity index (χ0n) is 15.6. The molecular formula is C23H16FNO4S. The number of carbonyl (C=O) groups is 2. The van der Waals surface area contributed by atoms with E-state index in [9.17, 15) is 19.1 Å². The number of rotatable bonds is 5. The third kappa shape index (κ3) is 3.65. The van der Waals surface area contributed by atoms with Crippen LogP contribution in [0.3, 0.4) is 0 Å². The molecule has 0 radical (unpaired) electrons. The first-order chi connectivity index (χ1) is 14.5. The van der Waals surface area contributed by atoms with Crippen LogP contribution in [0, 0.1) is 18.2 Å². The molecule has 0 spiro atoms. The predicted octanol–water partition coefficient (Wildman–Crippen LogP) is 4.74. The lowest BCUT2D eigenvalue weighted by Gasteiger charge is -2.24. The molecule has 0 fully saturated rings. The number of terminal acetylenes is 1. The number of nitrogens with one attached hydrogen (secondary N) is 1. The first-order valence-electron chi connectivity index (χ1n) is 9.10. The normalized spacial score (nSPS) is 15.1. The molecule has 1 aliphatic heterocycles. The molecule has 0 unspecified atom stereocenters. The number of anilines is 1. The van der Waals surface area contributed by atoms with Gasteiger partial charge in [-0.15, -0.1) is 17.8 Å². The molecule has 1 atom stereocenters. The summed E-state index contributed by atoms with van der Waals surface area (Å²) in [6.07, 6.45) is 5.42. The largest absolute Gasteiger partial charge is 0.481 e. The number of amides is 1. The number of carboxylic acids is 1. The molecule has 0 saturated heterocycles. The highest BCUT2D eigenvalue weighted by Crippen LogP contribution is 2.49. The Morgan fingerprint density at radius 1 is 1.30 bits per heavy atom.